The van der Waals surface area contributed by atoms with Crippen LogP contribution in [0.2, 0.25) is 0 Å². The number of pyridine rings is 1. The summed E-state index contributed by atoms with van der Waals surface area (Å²) in [5.41, 5.74) is 6.77. The van der Waals surface area contributed by atoms with Gasteiger partial charge in [0.1, 0.15) is 5.41 Å². The van der Waals surface area contributed by atoms with Gasteiger partial charge in [-0.05, 0) is 37.0 Å². The zero-order chi connectivity index (χ0) is 13.2. The van der Waals surface area contributed by atoms with Crippen LogP contribution in [0.3, 0.4) is 0 Å². The second-order valence-electron chi connectivity index (χ2n) is 4.55. The highest BCUT2D eigenvalue weighted by atomic mass is 16.4. The normalized spacial score (nSPS) is 17.3. The number of nitrogens with one attached hydrogen (secondary N) is 1. The van der Waals surface area contributed by atoms with Gasteiger partial charge in [0.2, 0.25) is 5.91 Å². The van der Waals surface area contributed by atoms with Gasteiger partial charge in [-0.25, -0.2) is 0 Å². The molecule has 0 aromatic carbocycles. The summed E-state index contributed by atoms with van der Waals surface area (Å²) in [5.74, 6) is -0.194. The van der Waals surface area contributed by atoms with Crippen LogP contribution in [0.15, 0.2) is 23.6 Å². The smallest absolute Gasteiger partial charge is 0.234 e. The van der Waals surface area contributed by atoms with Crippen molar-refractivity contribution in [2.45, 2.75) is 26.3 Å². The third-order valence-electron chi connectivity index (χ3n) is 3.36. The van der Waals surface area contributed by atoms with Crippen LogP contribution in [0.25, 0.3) is 0 Å². The highest BCUT2D eigenvalue weighted by molar-refractivity contribution is 6.09. The molecule has 0 unspecified atom stereocenters. The van der Waals surface area contributed by atoms with Crippen molar-refractivity contribution in [1.82, 2.24) is 10.3 Å². The summed E-state index contributed by atoms with van der Waals surface area (Å²) in [5, 5.41) is 14.4. The third kappa shape index (κ3) is 2.13. The van der Waals surface area contributed by atoms with Crippen molar-refractivity contribution >= 4 is 11.7 Å². The molecule has 18 heavy (non-hydrogen) atoms. The first-order valence-corrected chi connectivity index (χ1v) is 5.76. The lowest BCUT2D eigenvalue weighted by atomic mass is 10.0. The number of oxime groups is 1. The molecular weight excluding hydrogens is 232 g/mol. The van der Waals surface area contributed by atoms with Crippen LogP contribution in [0.1, 0.15) is 24.0 Å². The van der Waals surface area contributed by atoms with E-state index in [0.717, 1.165) is 11.1 Å². The van der Waals surface area contributed by atoms with E-state index in [0.29, 0.717) is 19.4 Å². The molecule has 0 saturated heterocycles. The molecule has 0 aliphatic heterocycles. The zero-order valence-corrected chi connectivity index (χ0v) is 10.2. The fourth-order valence-electron chi connectivity index (χ4n) is 1.87. The number of rotatable bonds is 4. The highest BCUT2D eigenvalue weighted by Crippen LogP contribution is 2.46. The van der Waals surface area contributed by atoms with E-state index in [9.17, 15) is 4.79 Å². The molecule has 1 aliphatic carbocycles. The van der Waals surface area contributed by atoms with E-state index < -0.39 is 5.41 Å². The molecule has 1 saturated carbocycles. The van der Waals surface area contributed by atoms with Crippen LogP contribution in [0, 0.1) is 12.3 Å². The van der Waals surface area contributed by atoms with E-state index in [1.165, 1.54) is 0 Å². The van der Waals surface area contributed by atoms with E-state index in [-0.39, 0.29) is 11.7 Å². The number of aromatic nitrogens is 1. The van der Waals surface area contributed by atoms with Crippen molar-refractivity contribution in [3.05, 3.63) is 29.6 Å². The Morgan fingerprint density at radius 2 is 2.39 bits per heavy atom. The number of hydrogen-bond acceptors (Lipinski definition) is 4. The van der Waals surface area contributed by atoms with Gasteiger partial charge in [0.15, 0.2) is 5.84 Å². The number of nitrogens with two attached hydrogens (primary N) is 1. The number of amidine groups is 1. The Morgan fingerprint density at radius 3 is 2.94 bits per heavy atom. The third-order valence-corrected chi connectivity index (χ3v) is 3.36. The molecule has 1 aromatic rings. The minimum atomic E-state index is -0.796. The Balaban J connectivity index is 2.00. The molecule has 1 heterocycles. The second-order valence-corrected chi connectivity index (χ2v) is 4.55. The van der Waals surface area contributed by atoms with Crippen LogP contribution in [-0.2, 0) is 11.3 Å². The lowest BCUT2D eigenvalue weighted by Gasteiger charge is -2.14. The van der Waals surface area contributed by atoms with Crippen LogP contribution >= 0.6 is 0 Å². The minimum absolute atomic E-state index is 0.00792. The van der Waals surface area contributed by atoms with Crippen molar-refractivity contribution < 1.29 is 10.0 Å². The molecule has 1 amide bonds. The lowest BCUT2D eigenvalue weighted by molar-refractivity contribution is -0.124. The van der Waals surface area contributed by atoms with Crippen LogP contribution < -0.4 is 11.1 Å². The number of carbonyl (C=O) groups excluding carboxylic acids is 1. The van der Waals surface area contributed by atoms with Gasteiger partial charge in [0.25, 0.3) is 0 Å². The summed E-state index contributed by atoms with van der Waals surface area (Å²) < 4.78 is 0. The van der Waals surface area contributed by atoms with Crippen molar-refractivity contribution in [3.63, 3.8) is 0 Å². The van der Waals surface area contributed by atoms with Crippen molar-refractivity contribution in [1.29, 1.82) is 0 Å². The summed E-state index contributed by atoms with van der Waals surface area (Å²) in [6.07, 6.45) is 4.69. The standard InChI is InChI=1S/C12H16N4O2/c1-8-6-14-5-2-9(8)7-15-11(17)12(3-4-12)10(13)16-18/h2,5-6,18H,3-4,7H2,1H3,(H2,13,16)(H,15,17). The largest absolute Gasteiger partial charge is 0.409 e. The summed E-state index contributed by atoms with van der Waals surface area (Å²) >= 11 is 0. The monoisotopic (exact) mass is 248 g/mol. The first-order valence-electron chi connectivity index (χ1n) is 5.76. The molecule has 0 bridgehead atoms. The van der Waals surface area contributed by atoms with Gasteiger partial charge in [0.05, 0.1) is 0 Å². The molecule has 6 heteroatoms. The maximum atomic E-state index is 12.0. The first-order chi connectivity index (χ1) is 8.60. The lowest BCUT2D eigenvalue weighted by Crippen LogP contribution is -2.40. The molecule has 96 valence electrons. The van der Waals surface area contributed by atoms with Crippen molar-refractivity contribution in [2.24, 2.45) is 16.3 Å². The molecule has 1 fully saturated rings. The molecular formula is C12H16N4O2. The van der Waals surface area contributed by atoms with E-state index in [4.69, 9.17) is 10.9 Å². The molecule has 0 spiro atoms. The predicted octanol–water partition coefficient (Wildman–Crippen LogP) is 0.533. The Morgan fingerprint density at radius 1 is 1.67 bits per heavy atom. The second kappa shape index (κ2) is 4.64. The van der Waals surface area contributed by atoms with Crippen LogP contribution in [0.5, 0.6) is 0 Å². The predicted molar refractivity (Wildman–Crippen MR) is 65.9 cm³/mol. The van der Waals surface area contributed by atoms with E-state index in [1.54, 1.807) is 12.4 Å². The quantitative estimate of drug-likeness (QED) is 0.313. The Labute approximate surface area is 105 Å². The summed E-state index contributed by atoms with van der Waals surface area (Å²) in [6.45, 7) is 2.36. The molecule has 2 rings (SSSR count). The van der Waals surface area contributed by atoms with Gasteiger partial charge in [-0.1, -0.05) is 5.16 Å². The molecule has 1 aliphatic rings. The molecule has 4 N–H and O–H groups in total. The molecule has 1 aromatic heterocycles. The maximum absolute atomic E-state index is 12.0. The SMILES string of the molecule is Cc1cnccc1CNC(=O)C1(/C(N)=N/O)CC1. The summed E-state index contributed by atoms with van der Waals surface area (Å²) in [6, 6.07) is 1.86. The van der Waals surface area contributed by atoms with E-state index >= 15 is 0 Å². The van der Waals surface area contributed by atoms with Crippen molar-refractivity contribution in [3.8, 4) is 0 Å². The fraction of sp³-hybridized carbons (Fsp3) is 0.417. The average Bonchev–Trinajstić information content (AvgIpc) is 3.18. The first kappa shape index (κ1) is 12.3. The molecule has 6 nitrogen and oxygen atoms in total. The van der Waals surface area contributed by atoms with Crippen molar-refractivity contribution in [2.75, 3.05) is 0 Å². The van der Waals surface area contributed by atoms with Gasteiger partial charge >= 0.3 is 0 Å². The van der Waals surface area contributed by atoms with Gasteiger partial charge < -0.3 is 16.3 Å². The summed E-state index contributed by atoms with van der Waals surface area (Å²) in [7, 11) is 0. The van der Waals surface area contributed by atoms with E-state index in [2.05, 4.69) is 15.5 Å². The fourth-order valence-corrected chi connectivity index (χ4v) is 1.87. The molecule has 0 radical (unpaired) electrons. The number of nitrogens with zero attached hydrogens (tertiary/aromatic N) is 2. The van der Waals surface area contributed by atoms with Gasteiger partial charge in [0, 0.05) is 18.9 Å². The van der Waals surface area contributed by atoms with Gasteiger partial charge in [-0.3, -0.25) is 9.78 Å². The number of amides is 1. The van der Waals surface area contributed by atoms with Crippen LogP contribution in [-0.4, -0.2) is 21.9 Å². The maximum Gasteiger partial charge on any atom is 0.234 e. The van der Waals surface area contributed by atoms with Gasteiger partial charge in [-0.2, -0.15) is 0 Å². The highest BCUT2D eigenvalue weighted by Gasteiger charge is 2.54. The number of carbonyl (C=O) groups is 1. The average molecular weight is 248 g/mol. The topological polar surface area (TPSA) is 101 Å². The Bertz CT molecular complexity index is 495. The molecule has 0 atom stereocenters. The van der Waals surface area contributed by atoms with Crippen LogP contribution in [0.4, 0.5) is 0 Å². The number of aryl methyl sites for hydroxylation is 1. The minimum Gasteiger partial charge on any atom is -0.409 e. The zero-order valence-electron chi connectivity index (χ0n) is 10.2. The van der Waals surface area contributed by atoms with Gasteiger partial charge in [-0.15, -0.1) is 0 Å². The Kier molecular flexibility index (Phi) is 3.18. The Hall–Kier alpha value is -2.11. The number of hydrogen-bond donors (Lipinski definition) is 3. The summed E-state index contributed by atoms with van der Waals surface area (Å²) in [4.78, 5) is 16.0. The van der Waals surface area contributed by atoms with E-state index in [1.807, 2.05) is 13.0 Å².